The van der Waals surface area contributed by atoms with Gasteiger partial charge in [0.2, 0.25) is 5.91 Å². The molecule has 0 saturated carbocycles. The van der Waals surface area contributed by atoms with Crippen molar-refractivity contribution in [3.63, 3.8) is 0 Å². The van der Waals surface area contributed by atoms with Gasteiger partial charge in [0, 0.05) is 26.2 Å². The number of aryl methyl sites for hydroxylation is 1. The molecule has 5 nitrogen and oxygen atoms in total. The zero-order valence-electron chi connectivity index (χ0n) is 15.7. The van der Waals surface area contributed by atoms with Crippen LogP contribution in [0.2, 0.25) is 0 Å². The number of carbonyl (C=O) groups is 1. The third kappa shape index (κ3) is 3.71. The van der Waals surface area contributed by atoms with Crippen molar-refractivity contribution in [3.05, 3.63) is 30.1 Å². The van der Waals surface area contributed by atoms with E-state index in [0.717, 1.165) is 63.5 Å². The number of aromatic nitrogens is 2. The number of para-hydroxylation sites is 2. The Morgan fingerprint density at radius 2 is 2.00 bits per heavy atom. The molecule has 1 amide bonds. The Morgan fingerprint density at radius 3 is 2.72 bits per heavy atom. The van der Waals surface area contributed by atoms with Crippen LogP contribution in [0.1, 0.15) is 39.4 Å². The molecule has 1 aliphatic rings. The van der Waals surface area contributed by atoms with E-state index in [1.807, 2.05) is 11.0 Å². The highest BCUT2D eigenvalue weighted by molar-refractivity contribution is 5.79. The molecule has 5 heteroatoms. The third-order valence-corrected chi connectivity index (χ3v) is 5.34. The maximum atomic E-state index is 12.7. The fraction of sp³-hybridized carbons (Fsp3) is 0.600. The summed E-state index contributed by atoms with van der Waals surface area (Å²) in [5, 5.41) is 0. The molecule has 3 rings (SSSR count). The Kier molecular flexibility index (Phi) is 5.74. The highest BCUT2D eigenvalue weighted by Gasteiger charge is 2.29. The average molecular weight is 342 g/mol. The molecule has 0 unspecified atom stereocenters. The SMILES string of the molecule is CCN(CC)C(=O)[C@@H]1CCCN(Cc2nc3ccccc3n2CC)C1. The molecule has 0 N–H and O–H groups in total. The van der Waals surface area contributed by atoms with Crippen molar-refractivity contribution >= 4 is 16.9 Å². The topological polar surface area (TPSA) is 41.4 Å². The first-order chi connectivity index (χ1) is 12.2. The van der Waals surface area contributed by atoms with Crippen molar-refractivity contribution in [2.75, 3.05) is 26.2 Å². The van der Waals surface area contributed by atoms with E-state index in [-0.39, 0.29) is 5.92 Å². The second-order valence-electron chi connectivity index (χ2n) is 6.85. The van der Waals surface area contributed by atoms with Gasteiger partial charge in [0.1, 0.15) is 5.82 Å². The van der Waals surface area contributed by atoms with Crippen LogP contribution in [0.4, 0.5) is 0 Å². The van der Waals surface area contributed by atoms with E-state index in [9.17, 15) is 4.79 Å². The van der Waals surface area contributed by atoms with Crippen LogP contribution in [-0.2, 0) is 17.9 Å². The van der Waals surface area contributed by atoms with E-state index in [4.69, 9.17) is 4.98 Å². The zero-order valence-corrected chi connectivity index (χ0v) is 15.7. The largest absolute Gasteiger partial charge is 0.343 e. The van der Waals surface area contributed by atoms with Crippen LogP contribution in [0.5, 0.6) is 0 Å². The molecule has 1 aromatic carbocycles. The van der Waals surface area contributed by atoms with Gasteiger partial charge in [-0.25, -0.2) is 4.98 Å². The van der Waals surface area contributed by atoms with Crippen molar-refractivity contribution in [2.45, 2.75) is 46.7 Å². The Balaban J connectivity index is 1.74. The maximum Gasteiger partial charge on any atom is 0.226 e. The summed E-state index contributed by atoms with van der Waals surface area (Å²) in [5.74, 6) is 1.56. The van der Waals surface area contributed by atoms with Crippen LogP contribution in [0.25, 0.3) is 11.0 Å². The molecule has 0 aliphatic carbocycles. The predicted octanol–water partition coefficient (Wildman–Crippen LogP) is 3.14. The number of benzene rings is 1. The summed E-state index contributed by atoms with van der Waals surface area (Å²) >= 11 is 0. The van der Waals surface area contributed by atoms with Gasteiger partial charge in [0.15, 0.2) is 0 Å². The second kappa shape index (κ2) is 8.00. The van der Waals surface area contributed by atoms with Crippen LogP contribution in [0.3, 0.4) is 0 Å². The lowest BCUT2D eigenvalue weighted by Crippen LogP contribution is -2.44. The monoisotopic (exact) mass is 342 g/mol. The second-order valence-corrected chi connectivity index (χ2v) is 6.85. The van der Waals surface area contributed by atoms with Crippen molar-refractivity contribution in [1.82, 2.24) is 19.4 Å². The van der Waals surface area contributed by atoms with Gasteiger partial charge in [0.25, 0.3) is 0 Å². The molecule has 1 saturated heterocycles. The van der Waals surface area contributed by atoms with Crippen molar-refractivity contribution in [2.24, 2.45) is 5.92 Å². The van der Waals surface area contributed by atoms with Gasteiger partial charge in [-0.3, -0.25) is 9.69 Å². The molecule has 0 radical (unpaired) electrons. The van der Waals surface area contributed by atoms with Crippen LogP contribution in [0.15, 0.2) is 24.3 Å². The van der Waals surface area contributed by atoms with Crippen LogP contribution in [0, 0.1) is 5.92 Å². The molecule has 0 bridgehead atoms. The highest BCUT2D eigenvalue weighted by atomic mass is 16.2. The Hall–Kier alpha value is -1.88. The number of fused-ring (bicyclic) bond motifs is 1. The van der Waals surface area contributed by atoms with Crippen LogP contribution >= 0.6 is 0 Å². The zero-order chi connectivity index (χ0) is 17.8. The fourth-order valence-electron chi connectivity index (χ4n) is 3.99. The first-order valence-electron chi connectivity index (χ1n) is 9.63. The summed E-state index contributed by atoms with van der Waals surface area (Å²) < 4.78 is 2.30. The predicted molar refractivity (Wildman–Crippen MR) is 101 cm³/mol. The van der Waals surface area contributed by atoms with Gasteiger partial charge in [-0.2, -0.15) is 0 Å². The minimum Gasteiger partial charge on any atom is -0.343 e. The van der Waals surface area contributed by atoms with E-state index in [0.29, 0.717) is 5.91 Å². The van der Waals surface area contributed by atoms with Gasteiger partial charge >= 0.3 is 0 Å². The lowest BCUT2D eigenvalue weighted by molar-refractivity contribution is -0.137. The lowest BCUT2D eigenvalue weighted by Gasteiger charge is -2.34. The summed E-state index contributed by atoms with van der Waals surface area (Å²) in [6.45, 7) is 11.5. The number of likely N-dealkylation sites (tertiary alicyclic amines) is 1. The number of amides is 1. The van der Waals surface area contributed by atoms with E-state index in [2.05, 4.69) is 48.4 Å². The van der Waals surface area contributed by atoms with E-state index in [1.165, 1.54) is 5.52 Å². The lowest BCUT2D eigenvalue weighted by atomic mass is 9.96. The standard InChI is InChI=1S/C20H30N4O/c1-4-23(5-2)20(25)16-10-9-13-22(14-16)15-19-21-17-11-7-8-12-18(17)24(19)6-3/h7-8,11-12,16H,4-6,9-10,13-15H2,1-3H3/t16-/m1/s1. The van der Waals surface area contributed by atoms with E-state index >= 15 is 0 Å². The summed E-state index contributed by atoms with van der Waals surface area (Å²) in [6.07, 6.45) is 2.10. The minimum absolute atomic E-state index is 0.133. The molecule has 25 heavy (non-hydrogen) atoms. The fourth-order valence-corrected chi connectivity index (χ4v) is 3.99. The number of carbonyl (C=O) groups excluding carboxylic acids is 1. The minimum atomic E-state index is 0.133. The summed E-state index contributed by atoms with van der Waals surface area (Å²) in [7, 11) is 0. The van der Waals surface area contributed by atoms with Crippen molar-refractivity contribution in [1.29, 1.82) is 0 Å². The molecule has 136 valence electrons. The molecule has 1 atom stereocenters. The van der Waals surface area contributed by atoms with Gasteiger partial charge in [-0.15, -0.1) is 0 Å². The number of rotatable bonds is 6. The van der Waals surface area contributed by atoms with Crippen molar-refractivity contribution in [3.8, 4) is 0 Å². The summed E-state index contributed by atoms with van der Waals surface area (Å²) in [6, 6.07) is 8.32. The molecule has 0 spiro atoms. The Bertz CT molecular complexity index is 720. The molecule has 1 fully saturated rings. The highest BCUT2D eigenvalue weighted by Crippen LogP contribution is 2.22. The first kappa shape index (κ1) is 17.9. The first-order valence-corrected chi connectivity index (χ1v) is 9.63. The van der Waals surface area contributed by atoms with Gasteiger partial charge in [-0.1, -0.05) is 12.1 Å². The molecule has 1 aliphatic heterocycles. The van der Waals surface area contributed by atoms with E-state index in [1.54, 1.807) is 0 Å². The van der Waals surface area contributed by atoms with Gasteiger partial charge in [0.05, 0.1) is 23.5 Å². The molecule has 1 aromatic heterocycles. The number of hydrogen-bond donors (Lipinski definition) is 0. The quantitative estimate of drug-likeness (QED) is 0.810. The summed E-state index contributed by atoms with van der Waals surface area (Å²) in [4.78, 5) is 21.9. The number of hydrogen-bond acceptors (Lipinski definition) is 3. The normalized spacial score (nSPS) is 18.6. The smallest absolute Gasteiger partial charge is 0.226 e. The average Bonchev–Trinajstić information content (AvgIpc) is 2.99. The van der Waals surface area contributed by atoms with Crippen LogP contribution < -0.4 is 0 Å². The van der Waals surface area contributed by atoms with Gasteiger partial charge in [-0.05, 0) is 52.3 Å². The van der Waals surface area contributed by atoms with E-state index < -0.39 is 0 Å². The maximum absolute atomic E-state index is 12.7. The number of imidazole rings is 1. The van der Waals surface area contributed by atoms with Crippen LogP contribution in [-0.4, -0.2) is 51.4 Å². The third-order valence-electron chi connectivity index (χ3n) is 5.34. The molecular formula is C20H30N4O. The van der Waals surface area contributed by atoms with Gasteiger partial charge < -0.3 is 9.47 Å². The number of piperidine rings is 1. The Morgan fingerprint density at radius 1 is 1.24 bits per heavy atom. The molecule has 2 aromatic rings. The molecule has 2 heterocycles. The Labute approximate surface area is 150 Å². The summed E-state index contributed by atoms with van der Waals surface area (Å²) in [5.41, 5.74) is 2.26. The van der Waals surface area contributed by atoms with Crippen molar-refractivity contribution < 1.29 is 4.79 Å². The molecular weight excluding hydrogens is 312 g/mol. The number of nitrogens with zero attached hydrogens (tertiary/aromatic N) is 4.